The average molecular weight is 279 g/mol. The molecule has 20 heavy (non-hydrogen) atoms. The van der Waals surface area contributed by atoms with Crippen molar-refractivity contribution in [2.45, 2.75) is 38.6 Å². The van der Waals surface area contributed by atoms with Crippen LogP contribution >= 0.6 is 0 Å². The van der Waals surface area contributed by atoms with Gasteiger partial charge in [0.25, 0.3) is 5.69 Å². The van der Waals surface area contributed by atoms with Crippen molar-refractivity contribution in [3.63, 3.8) is 0 Å². The number of carboxylic acid groups (broad SMARTS) is 1. The Balaban J connectivity index is 2.34. The maximum Gasteiger partial charge on any atom is 0.326 e. The number of rotatable bonds is 3. The summed E-state index contributed by atoms with van der Waals surface area (Å²) in [4.78, 5) is 27.5. The molecule has 1 N–H and O–H groups in total. The molecule has 1 saturated heterocycles. The highest BCUT2D eigenvalue weighted by Gasteiger charge is 2.28. The minimum absolute atomic E-state index is 0.0459. The molecule has 1 unspecified atom stereocenters. The predicted octanol–water partition coefficient (Wildman–Crippen LogP) is 2.13. The molecule has 0 amide bonds. The molecular weight excluding hydrogens is 262 g/mol. The Labute approximate surface area is 116 Å². The van der Waals surface area contributed by atoms with Crippen LogP contribution in [-0.2, 0) is 4.79 Å². The van der Waals surface area contributed by atoms with E-state index in [2.05, 4.69) is 4.98 Å². The fourth-order valence-corrected chi connectivity index (χ4v) is 2.52. The highest BCUT2D eigenvalue weighted by Crippen LogP contribution is 2.26. The van der Waals surface area contributed by atoms with Gasteiger partial charge < -0.3 is 10.0 Å². The highest BCUT2D eigenvalue weighted by atomic mass is 16.6. The molecule has 7 heteroatoms. The third-order valence-electron chi connectivity index (χ3n) is 3.60. The van der Waals surface area contributed by atoms with Crippen molar-refractivity contribution >= 4 is 17.5 Å². The van der Waals surface area contributed by atoms with Crippen LogP contribution in [0.1, 0.15) is 31.2 Å². The maximum atomic E-state index is 11.4. The number of carboxylic acids is 1. The summed E-state index contributed by atoms with van der Waals surface area (Å²) in [6, 6.07) is 0.991. The molecule has 0 bridgehead atoms. The van der Waals surface area contributed by atoms with Gasteiger partial charge in [-0.3, -0.25) is 10.1 Å². The number of aromatic nitrogens is 1. The smallest absolute Gasteiger partial charge is 0.326 e. The van der Waals surface area contributed by atoms with E-state index in [1.807, 2.05) is 0 Å². The van der Waals surface area contributed by atoms with E-state index in [4.69, 9.17) is 0 Å². The first-order valence-electron chi connectivity index (χ1n) is 6.61. The lowest BCUT2D eigenvalue weighted by Crippen LogP contribution is -2.41. The quantitative estimate of drug-likeness (QED) is 0.672. The van der Waals surface area contributed by atoms with Crippen molar-refractivity contribution in [2.24, 2.45) is 0 Å². The Bertz CT molecular complexity index is 532. The number of aliphatic carboxylic acids is 1. The van der Waals surface area contributed by atoms with Crippen LogP contribution in [0, 0.1) is 17.0 Å². The summed E-state index contributed by atoms with van der Waals surface area (Å²) < 4.78 is 0. The van der Waals surface area contributed by atoms with Gasteiger partial charge in [-0.2, -0.15) is 0 Å². The number of hydrogen-bond donors (Lipinski definition) is 1. The van der Waals surface area contributed by atoms with E-state index in [0.29, 0.717) is 24.3 Å². The standard InChI is InChI=1S/C13H17N3O4/c1-9-7-12(14-8-11(9)16(19)20)15-6-4-2-3-5-10(15)13(17)18/h7-8,10H,2-6H2,1H3,(H,17,18). The van der Waals surface area contributed by atoms with Crippen LogP contribution in [-0.4, -0.2) is 33.6 Å². The number of anilines is 1. The second-order valence-electron chi connectivity index (χ2n) is 4.98. The minimum atomic E-state index is -0.871. The number of pyridine rings is 1. The van der Waals surface area contributed by atoms with Crippen molar-refractivity contribution in [1.29, 1.82) is 0 Å². The molecule has 0 radical (unpaired) electrons. The molecule has 2 rings (SSSR count). The molecule has 2 heterocycles. The summed E-state index contributed by atoms with van der Waals surface area (Å²) in [7, 11) is 0. The Morgan fingerprint density at radius 3 is 2.85 bits per heavy atom. The summed E-state index contributed by atoms with van der Waals surface area (Å²) in [6.45, 7) is 2.25. The van der Waals surface area contributed by atoms with Gasteiger partial charge in [-0.25, -0.2) is 9.78 Å². The van der Waals surface area contributed by atoms with Crippen LogP contribution in [0.25, 0.3) is 0 Å². The van der Waals surface area contributed by atoms with Crippen molar-refractivity contribution in [3.05, 3.63) is 27.9 Å². The van der Waals surface area contributed by atoms with Gasteiger partial charge in [-0.15, -0.1) is 0 Å². The second-order valence-corrected chi connectivity index (χ2v) is 4.98. The largest absolute Gasteiger partial charge is 0.480 e. The normalized spacial score (nSPS) is 19.4. The fourth-order valence-electron chi connectivity index (χ4n) is 2.52. The first kappa shape index (κ1) is 14.2. The molecule has 1 aromatic heterocycles. The van der Waals surface area contributed by atoms with Gasteiger partial charge in [0.15, 0.2) is 0 Å². The van der Waals surface area contributed by atoms with E-state index in [1.165, 1.54) is 6.20 Å². The molecule has 0 spiro atoms. The lowest BCUT2D eigenvalue weighted by Gasteiger charge is -2.28. The first-order valence-corrected chi connectivity index (χ1v) is 6.61. The van der Waals surface area contributed by atoms with E-state index < -0.39 is 16.9 Å². The Morgan fingerprint density at radius 2 is 2.25 bits per heavy atom. The third-order valence-corrected chi connectivity index (χ3v) is 3.60. The van der Waals surface area contributed by atoms with Gasteiger partial charge in [-0.05, 0) is 25.8 Å². The number of nitrogens with zero attached hydrogens (tertiary/aromatic N) is 3. The number of carbonyl (C=O) groups is 1. The summed E-state index contributed by atoms with van der Waals surface area (Å²) in [5.41, 5.74) is 0.448. The monoisotopic (exact) mass is 279 g/mol. The lowest BCUT2D eigenvalue weighted by atomic mass is 10.1. The van der Waals surface area contributed by atoms with E-state index in [1.54, 1.807) is 17.9 Å². The highest BCUT2D eigenvalue weighted by molar-refractivity contribution is 5.78. The van der Waals surface area contributed by atoms with Crippen LogP contribution in [0.4, 0.5) is 11.5 Å². The predicted molar refractivity (Wildman–Crippen MR) is 72.9 cm³/mol. The van der Waals surface area contributed by atoms with Gasteiger partial charge in [0, 0.05) is 12.1 Å². The van der Waals surface area contributed by atoms with E-state index >= 15 is 0 Å². The SMILES string of the molecule is Cc1cc(N2CCCCCC2C(=O)O)ncc1[N+](=O)[O-]. The number of aryl methyl sites for hydroxylation is 1. The summed E-state index contributed by atoms with van der Waals surface area (Å²) >= 11 is 0. The van der Waals surface area contributed by atoms with Gasteiger partial charge in [0.05, 0.1) is 4.92 Å². The molecule has 0 aromatic carbocycles. The molecule has 1 aliphatic heterocycles. The van der Waals surface area contributed by atoms with Crippen LogP contribution in [0.5, 0.6) is 0 Å². The molecule has 1 aromatic rings. The molecular formula is C13H17N3O4. The Kier molecular flexibility index (Phi) is 4.16. The molecule has 0 aliphatic carbocycles. The molecule has 7 nitrogen and oxygen atoms in total. The zero-order valence-corrected chi connectivity index (χ0v) is 11.3. The van der Waals surface area contributed by atoms with Crippen molar-refractivity contribution in [3.8, 4) is 0 Å². The Hall–Kier alpha value is -2.18. The van der Waals surface area contributed by atoms with E-state index in [-0.39, 0.29) is 5.69 Å². The summed E-state index contributed by atoms with van der Waals surface area (Å²) in [6.07, 6.45) is 4.55. The fraction of sp³-hybridized carbons (Fsp3) is 0.538. The molecule has 1 fully saturated rings. The van der Waals surface area contributed by atoms with Crippen LogP contribution in [0.3, 0.4) is 0 Å². The molecule has 108 valence electrons. The average Bonchev–Trinajstić information content (AvgIpc) is 2.63. The lowest BCUT2D eigenvalue weighted by molar-refractivity contribution is -0.385. The van der Waals surface area contributed by atoms with Gasteiger partial charge >= 0.3 is 5.97 Å². The van der Waals surface area contributed by atoms with Crippen LogP contribution in [0.2, 0.25) is 0 Å². The molecule has 0 saturated carbocycles. The Morgan fingerprint density at radius 1 is 1.50 bits per heavy atom. The zero-order valence-electron chi connectivity index (χ0n) is 11.3. The van der Waals surface area contributed by atoms with Gasteiger partial charge in [0.1, 0.15) is 18.1 Å². The molecule has 1 atom stereocenters. The van der Waals surface area contributed by atoms with Gasteiger partial charge in [-0.1, -0.05) is 12.8 Å². The van der Waals surface area contributed by atoms with Crippen molar-refractivity contribution < 1.29 is 14.8 Å². The van der Waals surface area contributed by atoms with Gasteiger partial charge in [0.2, 0.25) is 0 Å². The third kappa shape index (κ3) is 2.87. The van der Waals surface area contributed by atoms with Crippen molar-refractivity contribution in [1.82, 2.24) is 4.98 Å². The second kappa shape index (κ2) is 5.85. The topological polar surface area (TPSA) is 96.6 Å². The first-order chi connectivity index (χ1) is 9.50. The van der Waals surface area contributed by atoms with Crippen LogP contribution in [0.15, 0.2) is 12.3 Å². The minimum Gasteiger partial charge on any atom is -0.480 e. The van der Waals surface area contributed by atoms with Crippen LogP contribution < -0.4 is 4.90 Å². The van der Waals surface area contributed by atoms with E-state index in [0.717, 1.165) is 19.3 Å². The summed E-state index contributed by atoms with van der Waals surface area (Å²) in [5.74, 6) is -0.368. The number of nitro groups is 1. The molecule has 1 aliphatic rings. The zero-order chi connectivity index (χ0) is 14.7. The van der Waals surface area contributed by atoms with Crippen molar-refractivity contribution in [2.75, 3.05) is 11.4 Å². The summed E-state index contributed by atoms with van der Waals surface area (Å²) in [5, 5.41) is 20.1. The number of hydrogen-bond acceptors (Lipinski definition) is 5. The maximum absolute atomic E-state index is 11.4. The van der Waals surface area contributed by atoms with E-state index in [9.17, 15) is 20.0 Å².